The third-order valence-corrected chi connectivity index (χ3v) is 6.26. The predicted molar refractivity (Wildman–Crippen MR) is 90.3 cm³/mol. The van der Waals surface area contributed by atoms with E-state index in [1.54, 1.807) is 0 Å². The molecule has 2 aromatic rings. The van der Waals surface area contributed by atoms with Crippen molar-refractivity contribution in [1.82, 2.24) is 4.98 Å². The summed E-state index contributed by atoms with van der Waals surface area (Å²) in [7, 11) is -5.73. The minimum atomic E-state index is -6.08. The highest BCUT2D eigenvalue weighted by Crippen LogP contribution is 2.43. The molecule has 0 aliphatic carbocycles. The fourth-order valence-corrected chi connectivity index (χ4v) is 4.91. The number of sulfone groups is 1. The molecule has 5 nitrogen and oxygen atoms in total. The van der Waals surface area contributed by atoms with Crippen molar-refractivity contribution in [3.63, 3.8) is 0 Å². The number of alkyl halides is 6. The predicted octanol–water partition coefficient (Wildman–Crippen LogP) is 3.84. The lowest BCUT2D eigenvalue weighted by Gasteiger charge is -2.26. The molecule has 1 unspecified atom stereocenters. The van der Waals surface area contributed by atoms with Gasteiger partial charge in [0, 0.05) is 11.8 Å². The zero-order chi connectivity index (χ0) is 24.6. The molecule has 0 aliphatic rings. The zero-order valence-corrected chi connectivity index (χ0v) is 16.1. The number of aromatic nitrogens is 1. The van der Waals surface area contributed by atoms with Crippen LogP contribution in [0, 0.1) is 23.4 Å². The quantitative estimate of drug-likeness (QED) is 0.488. The van der Waals surface area contributed by atoms with E-state index >= 15 is 0 Å². The second-order valence-electron chi connectivity index (χ2n) is 6.44. The Morgan fingerprint density at radius 1 is 0.938 bits per heavy atom. The Hall–Kier alpha value is -2.84. The van der Waals surface area contributed by atoms with E-state index in [-0.39, 0.29) is 12.1 Å². The summed E-state index contributed by atoms with van der Waals surface area (Å²) in [5.41, 5.74) is 1.94. The molecule has 15 heteroatoms. The molecule has 0 spiro atoms. The number of nitrogens with zero attached hydrogens (tertiary/aromatic N) is 1. The maximum absolute atomic E-state index is 14.3. The molecule has 0 aliphatic heterocycles. The van der Waals surface area contributed by atoms with Gasteiger partial charge in [0.2, 0.25) is 0 Å². The van der Waals surface area contributed by atoms with Gasteiger partial charge in [-0.05, 0) is 23.8 Å². The summed E-state index contributed by atoms with van der Waals surface area (Å²) >= 11 is 0. The van der Waals surface area contributed by atoms with Crippen LogP contribution in [0.5, 0.6) is 0 Å². The summed E-state index contributed by atoms with van der Waals surface area (Å²) < 4.78 is 145. The second kappa shape index (κ2) is 8.60. The van der Waals surface area contributed by atoms with E-state index in [0.29, 0.717) is 12.3 Å². The van der Waals surface area contributed by atoms with Gasteiger partial charge in [0.25, 0.3) is 5.91 Å². The summed E-state index contributed by atoms with van der Waals surface area (Å²) in [6.45, 7) is 0. The number of hydrogen-bond donors (Lipinski definition) is 1. The van der Waals surface area contributed by atoms with Gasteiger partial charge < -0.3 is 5.73 Å². The highest BCUT2D eigenvalue weighted by molar-refractivity contribution is 7.91. The first kappa shape index (κ1) is 25.4. The van der Waals surface area contributed by atoms with Gasteiger partial charge >= 0.3 is 12.4 Å². The molecular formula is C17H11F9N2O3S. The molecule has 0 saturated heterocycles. The van der Waals surface area contributed by atoms with Crippen LogP contribution in [0.2, 0.25) is 0 Å². The lowest BCUT2D eigenvalue weighted by atomic mass is 10.0. The number of carbonyl (C=O) groups is 1. The standard InChI is InChI=1S/C17H11F9N2O3S/c18-8-2-3-9(19)13(20)12(8)14(7-1-4-10(15(27)29)28-5-7)32(30,31)6-11(16(21,22)23)17(24,25)26/h1-5,11,14H,6H2,(H2,27,29). The summed E-state index contributed by atoms with van der Waals surface area (Å²) in [5.74, 6) is -13.9. The summed E-state index contributed by atoms with van der Waals surface area (Å²) in [6, 6.07) is 1.85. The van der Waals surface area contributed by atoms with Crippen molar-refractivity contribution in [2.24, 2.45) is 11.7 Å². The smallest absolute Gasteiger partial charge is 0.364 e. The number of rotatable bonds is 6. The van der Waals surface area contributed by atoms with Crippen LogP contribution in [-0.4, -0.2) is 37.4 Å². The SMILES string of the molecule is NC(=O)c1ccc(C(c2c(F)ccc(F)c2F)S(=O)(=O)CC(C(F)(F)F)C(F)(F)F)cn1. The van der Waals surface area contributed by atoms with Crippen molar-refractivity contribution in [2.75, 3.05) is 5.75 Å². The molecule has 2 rings (SSSR count). The maximum Gasteiger partial charge on any atom is 0.401 e. The number of halogens is 9. The first-order valence-electron chi connectivity index (χ1n) is 8.21. The van der Waals surface area contributed by atoms with Gasteiger partial charge in [0.05, 0.1) is 5.75 Å². The zero-order valence-electron chi connectivity index (χ0n) is 15.3. The van der Waals surface area contributed by atoms with Crippen LogP contribution in [0.4, 0.5) is 39.5 Å². The van der Waals surface area contributed by atoms with Crippen molar-refractivity contribution >= 4 is 15.7 Å². The van der Waals surface area contributed by atoms with Gasteiger partial charge in [-0.2, -0.15) is 26.3 Å². The lowest BCUT2D eigenvalue weighted by Crippen LogP contribution is -2.42. The van der Waals surface area contributed by atoms with Crippen LogP contribution in [0.25, 0.3) is 0 Å². The summed E-state index contributed by atoms with van der Waals surface area (Å²) in [6.07, 6.45) is -11.7. The third kappa shape index (κ3) is 5.31. The Labute approximate surface area is 174 Å². The number of primary amides is 1. The normalized spacial score (nSPS) is 13.9. The second-order valence-corrected chi connectivity index (χ2v) is 8.57. The molecule has 1 heterocycles. The van der Waals surface area contributed by atoms with Crippen LogP contribution < -0.4 is 5.73 Å². The largest absolute Gasteiger partial charge is 0.401 e. The Bertz CT molecular complexity index is 1100. The Morgan fingerprint density at radius 2 is 1.47 bits per heavy atom. The Kier molecular flexibility index (Phi) is 6.83. The third-order valence-electron chi connectivity index (χ3n) is 4.23. The van der Waals surface area contributed by atoms with Crippen LogP contribution >= 0.6 is 0 Å². The van der Waals surface area contributed by atoms with Gasteiger partial charge in [-0.3, -0.25) is 9.78 Å². The number of hydrogen-bond acceptors (Lipinski definition) is 4. The van der Waals surface area contributed by atoms with Crippen molar-refractivity contribution in [1.29, 1.82) is 0 Å². The van der Waals surface area contributed by atoms with E-state index in [2.05, 4.69) is 4.98 Å². The molecule has 0 radical (unpaired) electrons. The van der Waals surface area contributed by atoms with Crippen LogP contribution in [0.15, 0.2) is 30.5 Å². The Morgan fingerprint density at radius 3 is 1.91 bits per heavy atom. The first-order valence-corrected chi connectivity index (χ1v) is 9.92. The molecule has 2 N–H and O–H groups in total. The van der Waals surface area contributed by atoms with E-state index in [4.69, 9.17) is 5.73 Å². The monoisotopic (exact) mass is 494 g/mol. The molecular weight excluding hydrogens is 483 g/mol. The van der Waals surface area contributed by atoms with Crippen molar-refractivity contribution in [2.45, 2.75) is 17.6 Å². The molecule has 1 atom stereocenters. The minimum absolute atomic E-state index is 0.237. The maximum atomic E-state index is 14.3. The first-order chi connectivity index (χ1) is 14.5. The minimum Gasteiger partial charge on any atom is -0.364 e. The molecule has 1 aromatic heterocycles. The fourth-order valence-electron chi connectivity index (χ4n) is 2.75. The average molecular weight is 494 g/mol. The van der Waals surface area contributed by atoms with Crippen LogP contribution in [-0.2, 0) is 9.84 Å². The number of nitrogens with two attached hydrogens (primary N) is 1. The van der Waals surface area contributed by atoms with Gasteiger partial charge in [-0.15, -0.1) is 0 Å². The molecule has 176 valence electrons. The van der Waals surface area contributed by atoms with Gasteiger partial charge in [-0.25, -0.2) is 21.6 Å². The molecule has 0 fully saturated rings. The molecule has 1 amide bonds. The molecule has 32 heavy (non-hydrogen) atoms. The van der Waals surface area contributed by atoms with Crippen LogP contribution in [0.1, 0.15) is 26.9 Å². The van der Waals surface area contributed by atoms with E-state index in [1.807, 2.05) is 0 Å². The fraction of sp³-hybridized carbons (Fsp3) is 0.294. The molecule has 0 bridgehead atoms. The van der Waals surface area contributed by atoms with E-state index in [0.717, 1.165) is 6.07 Å². The van der Waals surface area contributed by atoms with Crippen molar-refractivity contribution in [3.8, 4) is 0 Å². The van der Waals surface area contributed by atoms with Gasteiger partial charge in [-0.1, -0.05) is 6.07 Å². The van der Waals surface area contributed by atoms with E-state index < -0.39 is 79.3 Å². The van der Waals surface area contributed by atoms with Crippen LogP contribution in [0.3, 0.4) is 0 Å². The lowest BCUT2D eigenvalue weighted by molar-refractivity contribution is -0.276. The summed E-state index contributed by atoms with van der Waals surface area (Å²) in [5, 5.41) is -2.86. The summed E-state index contributed by atoms with van der Waals surface area (Å²) in [4.78, 5) is 14.5. The van der Waals surface area contributed by atoms with E-state index in [1.165, 1.54) is 0 Å². The van der Waals surface area contributed by atoms with Gasteiger partial charge in [0.15, 0.2) is 27.4 Å². The average Bonchev–Trinajstić information content (AvgIpc) is 2.64. The van der Waals surface area contributed by atoms with E-state index in [9.17, 15) is 52.7 Å². The van der Waals surface area contributed by atoms with Crippen molar-refractivity contribution < 1.29 is 52.7 Å². The highest BCUT2D eigenvalue weighted by atomic mass is 32.2. The number of amides is 1. The number of benzene rings is 1. The number of pyridine rings is 1. The topological polar surface area (TPSA) is 90.1 Å². The Balaban J connectivity index is 2.76. The highest BCUT2D eigenvalue weighted by Gasteiger charge is 2.59. The van der Waals surface area contributed by atoms with Gasteiger partial charge in [0.1, 0.15) is 16.8 Å². The molecule has 0 saturated carbocycles. The van der Waals surface area contributed by atoms with Crippen molar-refractivity contribution in [3.05, 3.63) is 64.7 Å². The molecule has 1 aromatic carbocycles. The number of carbonyl (C=O) groups excluding carboxylic acids is 1.